The number of carbonyl (C=O) groups is 1. The van der Waals surface area contributed by atoms with E-state index in [9.17, 15) is 4.79 Å². The van der Waals surface area contributed by atoms with Crippen LogP contribution in [-0.4, -0.2) is 29.9 Å². The largest absolute Gasteiger partial charge is 0.481 e. The lowest BCUT2D eigenvalue weighted by Gasteiger charge is -2.33. The van der Waals surface area contributed by atoms with Crippen LogP contribution in [0.2, 0.25) is 0 Å². The van der Waals surface area contributed by atoms with Crippen molar-refractivity contribution in [1.29, 1.82) is 0 Å². The molecular weight excluding hydrogens is 216 g/mol. The molecule has 1 fully saturated rings. The SMILES string of the molecule is COc1ncc([C@H]2CCCCN2C=O)cc1C. The van der Waals surface area contributed by atoms with E-state index in [1.807, 2.05) is 18.0 Å². The Balaban J connectivity index is 2.26. The molecule has 0 unspecified atom stereocenters. The summed E-state index contributed by atoms with van der Waals surface area (Å²) in [6.07, 6.45) is 6.05. The number of hydrogen-bond acceptors (Lipinski definition) is 3. The second-order valence-corrected chi connectivity index (χ2v) is 4.45. The highest BCUT2D eigenvalue weighted by molar-refractivity contribution is 5.49. The predicted octanol–water partition coefficient (Wildman–Crippen LogP) is 2.08. The summed E-state index contributed by atoms with van der Waals surface area (Å²) in [6.45, 7) is 2.82. The number of aromatic nitrogens is 1. The van der Waals surface area contributed by atoms with E-state index < -0.39 is 0 Å². The maximum Gasteiger partial charge on any atom is 0.215 e. The maximum absolute atomic E-state index is 11.0. The fourth-order valence-corrected chi connectivity index (χ4v) is 2.42. The minimum Gasteiger partial charge on any atom is -0.481 e. The van der Waals surface area contributed by atoms with Crippen molar-refractivity contribution >= 4 is 6.41 Å². The lowest BCUT2D eigenvalue weighted by Crippen LogP contribution is -2.32. The molecule has 2 rings (SSSR count). The Hall–Kier alpha value is -1.58. The van der Waals surface area contributed by atoms with Gasteiger partial charge in [0, 0.05) is 18.3 Å². The van der Waals surface area contributed by atoms with Gasteiger partial charge in [-0.15, -0.1) is 0 Å². The number of methoxy groups -OCH3 is 1. The molecule has 1 aromatic rings. The third kappa shape index (κ3) is 2.40. The molecule has 1 amide bonds. The molecule has 0 radical (unpaired) electrons. The summed E-state index contributed by atoms with van der Waals surface area (Å²) in [5, 5.41) is 0. The van der Waals surface area contributed by atoms with Crippen molar-refractivity contribution in [3.8, 4) is 5.88 Å². The Morgan fingerprint density at radius 1 is 1.53 bits per heavy atom. The number of ether oxygens (including phenoxy) is 1. The van der Waals surface area contributed by atoms with Crippen LogP contribution in [0.15, 0.2) is 12.3 Å². The summed E-state index contributed by atoms with van der Waals surface area (Å²) < 4.78 is 5.15. The normalized spacial score (nSPS) is 20.1. The minimum absolute atomic E-state index is 0.179. The summed E-state index contributed by atoms with van der Waals surface area (Å²) in [7, 11) is 1.62. The highest BCUT2D eigenvalue weighted by Crippen LogP contribution is 2.30. The number of piperidine rings is 1. The first-order valence-electron chi connectivity index (χ1n) is 5.98. The molecule has 0 spiro atoms. The molecule has 17 heavy (non-hydrogen) atoms. The van der Waals surface area contributed by atoms with Gasteiger partial charge in [-0.2, -0.15) is 0 Å². The number of aryl methyl sites for hydroxylation is 1. The molecular formula is C13H18N2O2. The molecule has 1 aliphatic heterocycles. The highest BCUT2D eigenvalue weighted by atomic mass is 16.5. The summed E-state index contributed by atoms with van der Waals surface area (Å²) in [5.74, 6) is 0.655. The van der Waals surface area contributed by atoms with E-state index in [2.05, 4.69) is 11.1 Å². The predicted molar refractivity (Wildman–Crippen MR) is 64.9 cm³/mol. The maximum atomic E-state index is 11.0. The van der Waals surface area contributed by atoms with Gasteiger partial charge in [-0.1, -0.05) is 0 Å². The van der Waals surface area contributed by atoms with Crippen LogP contribution in [0.1, 0.15) is 36.4 Å². The zero-order valence-corrected chi connectivity index (χ0v) is 10.3. The van der Waals surface area contributed by atoms with Crippen LogP contribution in [0.4, 0.5) is 0 Å². The van der Waals surface area contributed by atoms with Gasteiger partial charge < -0.3 is 9.64 Å². The van der Waals surface area contributed by atoms with Crippen LogP contribution in [0.25, 0.3) is 0 Å². The van der Waals surface area contributed by atoms with E-state index in [-0.39, 0.29) is 6.04 Å². The topological polar surface area (TPSA) is 42.4 Å². The van der Waals surface area contributed by atoms with Crippen LogP contribution >= 0.6 is 0 Å². The molecule has 1 saturated heterocycles. The van der Waals surface area contributed by atoms with E-state index >= 15 is 0 Å². The Kier molecular flexibility index (Phi) is 3.61. The molecule has 4 nitrogen and oxygen atoms in total. The lowest BCUT2D eigenvalue weighted by molar-refractivity contribution is -0.121. The van der Waals surface area contributed by atoms with Crippen LogP contribution < -0.4 is 4.74 Å². The molecule has 92 valence electrons. The Morgan fingerprint density at radius 3 is 3.00 bits per heavy atom. The van der Waals surface area contributed by atoms with Gasteiger partial charge in [0.1, 0.15) is 0 Å². The van der Waals surface area contributed by atoms with Crippen LogP contribution in [0, 0.1) is 6.92 Å². The van der Waals surface area contributed by atoms with Gasteiger partial charge in [0.05, 0.1) is 13.2 Å². The van der Waals surface area contributed by atoms with Crippen molar-refractivity contribution < 1.29 is 9.53 Å². The first kappa shape index (κ1) is 11.9. The molecule has 2 heterocycles. The zero-order valence-electron chi connectivity index (χ0n) is 10.3. The fourth-order valence-electron chi connectivity index (χ4n) is 2.42. The first-order valence-corrected chi connectivity index (χ1v) is 5.98. The van der Waals surface area contributed by atoms with Crippen molar-refractivity contribution in [3.05, 3.63) is 23.4 Å². The average molecular weight is 234 g/mol. The number of amides is 1. The molecule has 1 atom stereocenters. The molecule has 0 saturated carbocycles. The van der Waals surface area contributed by atoms with Crippen LogP contribution in [0.5, 0.6) is 5.88 Å². The summed E-state index contributed by atoms with van der Waals surface area (Å²) in [4.78, 5) is 17.2. The van der Waals surface area contributed by atoms with E-state index in [0.717, 1.165) is 36.9 Å². The first-order chi connectivity index (χ1) is 8.26. The Labute approximate surface area is 102 Å². The van der Waals surface area contributed by atoms with Crippen LogP contribution in [0.3, 0.4) is 0 Å². The van der Waals surface area contributed by atoms with Crippen molar-refractivity contribution in [1.82, 2.24) is 9.88 Å². The summed E-state index contributed by atoms with van der Waals surface area (Å²) in [5.41, 5.74) is 2.12. The number of hydrogen-bond donors (Lipinski definition) is 0. The van der Waals surface area contributed by atoms with Gasteiger partial charge in [-0.25, -0.2) is 4.98 Å². The van der Waals surface area contributed by atoms with Gasteiger partial charge in [0.25, 0.3) is 0 Å². The number of pyridine rings is 1. The lowest BCUT2D eigenvalue weighted by atomic mass is 9.96. The molecule has 0 aromatic carbocycles. The summed E-state index contributed by atoms with van der Waals surface area (Å²) in [6, 6.07) is 2.25. The fraction of sp³-hybridized carbons (Fsp3) is 0.538. The third-order valence-corrected chi connectivity index (χ3v) is 3.31. The molecule has 0 aliphatic carbocycles. The molecule has 4 heteroatoms. The van der Waals surface area contributed by atoms with Gasteiger partial charge >= 0.3 is 0 Å². The highest BCUT2D eigenvalue weighted by Gasteiger charge is 2.23. The van der Waals surface area contributed by atoms with E-state index in [1.54, 1.807) is 7.11 Å². The van der Waals surface area contributed by atoms with Crippen molar-refractivity contribution in [2.45, 2.75) is 32.2 Å². The number of carbonyl (C=O) groups excluding carboxylic acids is 1. The number of likely N-dealkylation sites (tertiary alicyclic amines) is 1. The molecule has 1 aromatic heterocycles. The summed E-state index contributed by atoms with van der Waals surface area (Å²) >= 11 is 0. The van der Waals surface area contributed by atoms with Gasteiger partial charge in [0.15, 0.2) is 0 Å². The van der Waals surface area contributed by atoms with Crippen molar-refractivity contribution in [3.63, 3.8) is 0 Å². The second-order valence-electron chi connectivity index (χ2n) is 4.45. The molecule has 0 bridgehead atoms. The molecule has 0 N–H and O–H groups in total. The van der Waals surface area contributed by atoms with Crippen LogP contribution in [-0.2, 0) is 4.79 Å². The third-order valence-electron chi connectivity index (χ3n) is 3.31. The minimum atomic E-state index is 0.179. The smallest absolute Gasteiger partial charge is 0.215 e. The standard InChI is InChI=1S/C13H18N2O2/c1-10-7-11(8-14-13(10)17-2)12-5-3-4-6-15(12)9-16/h7-9,12H,3-6H2,1-2H3/t12-/m1/s1. The van der Waals surface area contributed by atoms with Gasteiger partial charge in [-0.05, 0) is 37.8 Å². The van der Waals surface area contributed by atoms with E-state index in [0.29, 0.717) is 5.88 Å². The number of rotatable bonds is 3. The second kappa shape index (κ2) is 5.17. The van der Waals surface area contributed by atoms with Gasteiger partial charge in [0.2, 0.25) is 12.3 Å². The monoisotopic (exact) mass is 234 g/mol. The molecule has 1 aliphatic rings. The Bertz CT molecular complexity index is 406. The van der Waals surface area contributed by atoms with E-state index in [4.69, 9.17) is 4.74 Å². The zero-order chi connectivity index (χ0) is 12.3. The average Bonchev–Trinajstić information content (AvgIpc) is 2.38. The Morgan fingerprint density at radius 2 is 2.35 bits per heavy atom. The van der Waals surface area contributed by atoms with E-state index in [1.165, 1.54) is 6.42 Å². The van der Waals surface area contributed by atoms with Crippen molar-refractivity contribution in [2.24, 2.45) is 0 Å². The number of nitrogens with zero attached hydrogens (tertiary/aromatic N) is 2. The quantitative estimate of drug-likeness (QED) is 0.752. The van der Waals surface area contributed by atoms with Crippen molar-refractivity contribution in [2.75, 3.05) is 13.7 Å². The van der Waals surface area contributed by atoms with Gasteiger partial charge in [-0.3, -0.25) is 4.79 Å².